The number of benzene rings is 1. The fraction of sp³-hybridized carbons (Fsp3) is 0.182. The molecule has 2 aromatic rings. The Hall–Kier alpha value is -1.77. The lowest BCUT2D eigenvalue weighted by atomic mass is 10.3. The lowest BCUT2D eigenvalue weighted by molar-refractivity contribution is 0.470. The van der Waals surface area contributed by atoms with E-state index in [1.165, 1.54) is 0 Å². The Morgan fingerprint density at radius 2 is 2.14 bits per heavy atom. The lowest BCUT2D eigenvalue weighted by Crippen LogP contribution is -1.93. The molecule has 0 atom stereocenters. The van der Waals surface area contributed by atoms with E-state index in [1.807, 2.05) is 24.5 Å². The highest BCUT2D eigenvalue weighted by Gasteiger charge is 2.03. The molecule has 0 amide bonds. The molecule has 0 radical (unpaired) electrons. The molecule has 0 aliphatic carbocycles. The first-order chi connectivity index (χ1) is 6.81. The van der Waals surface area contributed by atoms with E-state index < -0.39 is 0 Å². The summed E-state index contributed by atoms with van der Waals surface area (Å²) < 4.78 is 1.69. The Kier molecular flexibility index (Phi) is 2.23. The second-order valence-electron chi connectivity index (χ2n) is 3.14. The number of para-hydroxylation sites is 2. The van der Waals surface area contributed by atoms with Crippen LogP contribution in [0.4, 0.5) is 0 Å². The van der Waals surface area contributed by atoms with Gasteiger partial charge in [0.05, 0.1) is 6.20 Å². The third kappa shape index (κ3) is 1.48. The van der Waals surface area contributed by atoms with Crippen molar-refractivity contribution >= 4 is 0 Å². The van der Waals surface area contributed by atoms with Gasteiger partial charge in [0.1, 0.15) is 11.4 Å². The van der Waals surface area contributed by atoms with Gasteiger partial charge in [0.25, 0.3) is 0 Å². The smallest absolute Gasteiger partial charge is 0.141 e. The highest BCUT2D eigenvalue weighted by atomic mass is 16.3. The van der Waals surface area contributed by atoms with Crippen molar-refractivity contribution in [2.75, 3.05) is 0 Å². The number of rotatable bonds is 2. The predicted molar refractivity (Wildman–Crippen MR) is 54.6 cm³/mol. The predicted octanol–water partition coefficient (Wildman–Crippen LogP) is 2.14. The number of aryl methyl sites for hydroxylation is 1. The Morgan fingerprint density at radius 3 is 2.79 bits per heavy atom. The molecular formula is C11H12N2O. The molecule has 3 heteroatoms. The summed E-state index contributed by atoms with van der Waals surface area (Å²) in [7, 11) is 0. The van der Waals surface area contributed by atoms with E-state index in [4.69, 9.17) is 0 Å². The normalized spacial score (nSPS) is 10.4. The van der Waals surface area contributed by atoms with E-state index in [0.29, 0.717) is 5.69 Å². The second-order valence-corrected chi connectivity index (χ2v) is 3.14. The summed E-state index contributed by atoms with van der Waals surface area (Å²) in [6.07, 6.45) is 4.69. The number of hydrogen-bond donors (Lipinski definition) is 1. The van der Waals surface area contributed by atoms with Crippen molar-refractivity contribution in [1.29, 1.82) is 0 Å². The van der Waals surface area contributed by atoms with Crippen molar-refractivity contribution in [3.05, 3.63) is 42.2 Å². The maximum absolute atomic E-state index is 9.59. The number of hydrogen-bond acceptors (Lipinski definition) is 2. The highest BCUT2D eigenvalue weighted by Crippen LogP contribution is 2.19. The van der Waals surface area contributed by atoms with Crippen LogP contribution in [0.25, 0.3) is 5.69 Å². The van der Waals surface area contributed by atoms with Gasteiger partial charge in [-0.3, -0.25) is 0 Å². The van der Waals surface area contributed by atoms with E-state index in [0.717, 1.165) is 12.0 Å². The minimum Gasteiger partial charge on any atom is -0.506 e. The molecule has 0 saturated carbocycles. The zero-order chi connectivity index (χ0) is 9.97. The summed E-state index contributed by atoms with van der Waals surface area (Å²) in [6, 6.07) is 7.16. The third-order valence-electron chi connectivity index (χ3n) is 2.17. The Labute approximate surface area is 82.6 Å². The molecule has 72 valence electrons. The van der Waals surface area contributed by atoms with E-state index in [-0.39, 0.29) is 5.75 Å². The molecule has 0 fully saturated rings. The van der Waals surface area contributed by atoms with Crippen LogP contribution in [-0.2, 0) is 6.42 Å². The van der Waals surface area contributed by atoms with Gasteiger partial charge >= 0.3 is 0 Å². The molecule has 1 aromatic carbocycles. The van der Waals surface area contributed by atoms with Gasteiger partial charge in [0, 0.05) is 6.20 Å². The molecular weight excluding hydrogens is 176 g/mol. The van der Waals surface area contributed by atoms with E-state index in [1.54, 1.807) is 16.8 Å². The summed E-state index contributed by atoms with van der Waals surface area (Å²) in [5.41, 5.74) is 1.88. The van der Waals surface area contributed by atoms with Crippen molar-refractivity contribution in [3.63, 3.8) is 0 Å². The Morgan fingerprint density at radius 1 is 1.36 bits per heavy atom. The van der Waals surface area contributed by atoms with Crippen LogP contribution in [0.1, 0.15) is 12.5 Å². The van der Waals surface area contributed by atoms with Crippen molar-refractivity contribution in [2.45, 2.75) is 13.3 Å². The molecule has 2 rings (SSSR count). The van der Waals surface area contributed by atoms with E-state index >= 15 is 0 Å². The standard InChI is InChI=1S/C11H12N2O/c1-2-9-7-12-13(8-9)10-5-3-4-6-11(10)14/h3-8,14H,2H2,1H3. The van der Waals surface area contributed by atoms with Gasteiger partial charge < -0.3 is 5.11 Å². The number of aromatic nitrogens is 2. The Balaban J connectivity index is 2.44. The van der Waals surface area contributed by atoms with Crippen LogP contribution in [0.15, 0.2) is 36.7 Å². The Bertz CT molecular complexity index is 434. The van der Waals surface area contributed by atoms with Crippen LogP contribution >= 0.6 is 0 Å². The van der Waals surface area contributed by atoms with Crippen LogP contribution in [-0.4, -0.2) is 14.9 Å². The molecule has 1 aromatic heterocycles. The molecule has 0 spiro atoms. The fourth-order valence-electron chi connectivity index (χ4n) is 1.33. The summed E-state index contributed by atoms with van der Waals surface area (Å²) in [4.78, 5) is 0. The molecule has 1 heterocycles. The topological polar surface area (TPSA) is 38.0 Å². The first-order valence-corrected chi connectivity index (χ1v) is 4.63. The van der Waals surface area contributed by atoms with Crippen molar-refractivity contribution in [3.8, 4) is 11.4 Å². The summed E-state index contributed by atoms with van der Waals surface area (Å²) >= 11 is 0. The molecule has 0 aliphatic rings. The van der Waals surface area contributed by atoms with Crippen LogP contribution in [0.3, 0.4) is 0 Å². The molecule has 0 saturated heterocycles. The van der Waals surface area contributed by atoms with Gasteiger partial charge in [-0.1, -0.05) is 19.1 Å². The van der Waals surface area contributed by atoms with Crippen LogP contribution in [0, 0.1) is 0 Å². The van der Waals surface area contributed by atoms with Gasteiger partial charge in [-0.25, -0.2) is 4.68 Å². The molecule has 14 heavy (non-hydrogen) atoms. The van der Waals surface area contributed by atoms with Crippen molar-refractivity contribution < 1.29 is 5.11 Å². The van der Waals surface area contributed by atoms with E-state index in [2.05, 4.69) is 12.0 Å². The molecule has 0 unspecified atom stereocenters. The largest absolute Gasteiger partial charge is 0.506 e. The molecule has 0 aliphatic heterocycles. The number of phenolic OH excluding ortho intramolecular Hbond substituents is 1. The van der Waals surface area contributed by atoms with Gasteiger partial charge in [0.15, 0.2) is 0 Å². The number of nitrogens with zero attached hydrogens (tertiary/aromatic N) is 2. The number of phenols is 1. The SMILES string of the molecule is CCc1cnn(-c2ccccc2O)c1. The summed E-state index contributed by atoms with van der Waals surface area (Å²) in [6.45, 7) is 2.08. The van der Waals surface area contributed by atoms with Crippen LogP contribution in [0.5, 0.6) is 5.75 Å². The van der Waals surface area contributed by atoms with E-state index in [9.17, 15) is 5.11 Å². The summed E-state index contributed by atoms with van der Waals surface area (Å²) in [5.74, 6) is 0.248. The first kappa shape index (κ1) is 8.81. The van der Waals surface area contributed by atoms with Gasteiger partial charge in [-0.05, 0) is 24.1 Å². The zero-order valence-electron chi connectivity index (χ0n) is 8.01. The monoisotopic (exact) mass is 188 g/mol. The minimum absolute atomic E-state index is 0.248. The molecule has 0 bridgehead atoms. The zero-order valence-corrected chi connectivity index (χ0v) is 8.01. The maximum Gasteiger partial charge on any atom is 0.141 e. The van der Waals surface area contributed by atoms with Gasteiger partial charge in [0.2, 0.25) is 0 Å². The molecule has 3 nitrogen and oxygen atoms in total. The highest BCUT2D eigenvalue weighted by molar-refractivity contribution is 5.44. The average molecular weight is 188 g/mol. The third-order valence-corrected chi connectivity index (χ3v) is 2.17. The summed E-state index contributed by atoms with van der Waals surface area (Å²) in [5, 5.41) is 13.8. The van der Waals surface area contributed by atoms with Crippen LogP contribution < -0.4 is 0 Å². The van der Waals surface area contributed by atoms with Crippen LogP contribution in [0.2, 0.25) is 0 Å². The lowest BCUT2D eigenvalue weighted by Gasteiger charge is -2.02. The first-order valence-electron chi connectivity index (χ1n) is 4.63. The van der Waals surface area contributed by atoms with Gasteiger partial charge in [-0.2, -0.15) is 5.10 Å². The number of aromatic hydroxyl groups is 1. The molecule has 1 N–H and O–H groups in total. The van der Waals surface area contributed by atoms with Crippen molar-refractivity contribution in [1.82, 2.24) is 9.78 Å². The quantitative estimate of drug-likeness (QED) is 0.784. The minimum atomic E-state index is 0.248. The fourth-order valence-corrected chi connectivity index (χ4v) is 1.33. The second kappa shape index (κ2) is 3.54. The van der Waals surface area contributed by atoms with Crippen molar-refractivity contribution in [2.24, 2.45) is 0 Å². The van der Waals surface area contributed by atoms with Gasteiger partial charge in [-0.15, -0.1) is 0 Å². The average Bonchev–Trinajstić information content (AvgIpc) is 2.67. The maximum atomic E-state index is 9.59.